The summed E-state index contributed by atoms with van der Waals surface area (Å²) in [6.45, 7) is 6.63. The number of hydrogen-bond acceptors (Lipinski definition) is 5. The molecule has 0 aromatic heterocycles. The van der Waals surface area contributed by atoms with E-state index in [4.69, 9.17) is 25.4 Å². The van der Waals surface area contributed by atoms with Crippen LogP contribution in [-0.2, 0) is 32.2 Å². The maximum absolute atomic E-state index is 12.4. The van der Waals surface area contributed by atoms with E-state index < -0.39 is 11.5 Å². The van der Waals surface area contributed by atoms with Crippen molar-refractivity contribution in [1.82, 2.24) is 0 Å². The van der Waals surface area contributed by atoms with Gasteiger partial charge in [0, 0.05) is 0 Å². The van der Waals surface area contributed by atoms with Gasteiger partial charge in [-0.1, -0.05) is 36.3 Å². The molecule has 0 fully saturated rings. The summed E-state index contributed by atoms with van der Waals surface area (Å²) in [4.78, 5) is 12.4. The summed E-state index contributed by atoms with van der Waals surface area (Å²) in [6, 6.07) is 13.7. The monoisotopic (exact) mass is 410 g/mol. The Labute approximate surface area is 179 Å². The van der Waals surface area contributed by atoms with Gasteiger partial charge >= 0.3 is 5.97 Å². The first-order chi connectivity index (χ1) is 14.3. The second-order valence-corrected chi connectivity index (χ2v) is 7.64. The standard InChI is InChI=1S/C25H30O5/c1-7-14-30-23(25(3,4)24(26)28-6)20-11-8-18(2)21(15-20)17-29-16-19-9-12-22(27-5)13-10-19/h1,8-13,15,23H,14,16-17H2,2-6H3. The number of carbonyl (C=O) groups is 1. The van der Waals surface area contributed by atoms with Gasteiger partial charge in [-0.3, -0.25) is 4.79 Å². The summed E-state index contributed by atoms with van der Waals surface area (Å²) in [5, 5.41) is 0. The molecule has 5 nitrogen and oxygen atoms in total. The Balaban J connectivity index is 2.17. The third-order valence-electron chi connectivity index (χ3n) is 5.06. The van der Waals surface area contributed by atoms with Crippen LogP contribution in [0, 0.1) is 24.7 Å². The highest BCUT2D eigenvalue weighted by molar-refractivity contribution is 5.77. The summed E-state index contributed by atoms with van der Waals surface area (Å²) in [7, 11) is 3.01. The molecule has 0 bridgehead atoms. The second-order valence-electron chi connectivity index (χ2n) is 7.64. The van der Waals surface area contributed by atoms with Crippen LogP contribution in [0.5, 0.6) is 5.75 Å². The molecule has 0 saturated heterocycles. The molecule has 0 spiro atoms. The topological polar surface area (TPSA) is 54.0 Å². The number of hydrogen-bond donors (Lipinski definition) is 0. The first kappa shape index (κ1) is 23.5. The van der Waals surface area contributed by atoms with Gasteiger partial charge in [0.15, 0.2) is 0 Å². The van der Waals surface area contributed by atoms with E-state index >= 15 is 0 Å². The minimum absolute atomic E-state index is 0.0995. The zero-order valence-electron chi connectivity index (χ0n) is 18.4. The summed E-state index contributed by atoms with van der Waals surface area (Å²) in [6.07, 6.45) is 4.84. The van der Waals surface area contributed by atoms with Crippen molar-refractivity contribution in [2.24, 2.45) is 5.41 Å². The third-order valence-corrected chi connectivity index (χ3v) is 5.06. The van der Waals surface area contributed by atoms with E-state index in [1.54, 1.807) is 21.0 Å². The minimum atomic E-state index is -0.901. The molecule has 0 aliphatic rings. The molecule has 2 rings (SSSR count). The van der Waals surface area contributed by atoms with E-state index in [2.05, 4.69) is 5.92 Å². The zero-order valence-corrected chi connectivity index (χ0v) is 18.4. The lowest BCUT2D eigenvalue weighted by Gasteiger charge is -2.32. The van der Waals surface area contributed by atoms with Crippen LogP contribution in [0.3, 0.4) is 0 Å². The Bertz CT molecular complexity index is 877. The highest BCUT2D eigenvalue weighted by atomic mass is 16.5. The number of rotatable bonds is 10. The van der Waals surface area contributed by atoms with Crippen molar-refractivity contribution < 1.29 is 23.7 Å². The lowest BCUT2D eigenvalue weighted by atomic mass is 9.81. The van der Waals surface area contributed by atoms with Crippen LogP contribution < -0.4 is 4.74 Å². The average Bonchev–Trinajstić information content (AvgIpc) is 2.75. The third kappa shape index (κ3) is 5.85. The minimum Gasteiger partial charge on any atom is -0.497 e. The largest absolute Gasteiger partial charge is 0.497 e. The van der Waals surface area contributed by atoms with Gasteiger partial charge in [-0.25, -0.2) is 0 Å². The summed E-state index contributed by atoms with van der Waals surface area (Å²) >= 11 is 0. The number of terminal acetylenes is 1. The van der Waals surface area contributed by atoms with E-state index in [1.807, 2.05) is 49.4 Å². The lowest BCUT2D eigenvalue weighted by molar-refractivity contribution is -0.160. The Morgan fingerprint density at radius 3 is 2.40 bits per heavy atom. The molecule has 0 aliphatic heterocycles. The van der Waals surface area contributed by atoms with Crippen LogP contribution in [0.4, 0.5) is 0 Å². The van der Waals surface area contributed by atoms with Gasteiger partial charge in [-0.15, -0.1) is 6.42 Å². The molecule has 0 radical (unpaired) electrons. The van der Waals surface area contributed by atoms with Crippen molar-refractivity contribution in [2.45, 2.75) is 40.1 Å². The number of carbonyl (C=O) groups excluding carboxylic acids is 1. The maximum Gasteiger partial charge on any atom is 0.314 e. The maximum atomic E-state index is 12.4. The van der Waals surface area contributed by atoms with Crippen molar-refractivity contribution in [3.8, 4) is 18.1 Å². The fourth-order valence-electron chi connectivity index (χ4n) is 3.23. The number of ether oxygens (including phenoxy) is 4. The summed E-state index contributed by atoms with van der Waals surface area (Å²) in [5.74, 6) is 2.93. The molecule has 0 N–H and O–H groups in total. The number of benzene rings is 2. The van der Waals surface area contributed by atoms with Gasteiger partial charge < -0.3 is 18.9 Å². The van der Waals surface area contributed by atoms with Crippen molar-refractivity contribution in [1.29, 1.82) is 0 Å². The molecule has 0 saturated carbocycles. The molecule has 0 aliphatic carbocycles. The number of methoxy groups -OCH3 is 2. The molecule has 2 aromatic carbocycles. The van der Waals surface area contributed by atoms with Crippen LogP contribution in [-0.4, -0.2) is 26.8 Å². The van der Waals surface area contributed by atoms with Gasteiger partial charge in [0.25, 0.3) is 0 Å². The normalized spacial score (nSPS) is 12.1. The predicted octanol–water partition coefficient (Wildman–Crippen LogP) is 4.61. The average molecular weight is 411 g/mol. The van der Waals surface area contributed by atoms with E-state index in [9.17, 15) is 4.79 Å². The molecule has 1 atom stereocenters. The van der Waals surface area contributed by atoms with E-state index in [0.29, 0.717) is 13.2 Å². The fraction of sp³-hybridized carbons (Fsp3) is 0.400. The van der Waals surface area contributed by atoms with Crippen LogP contribution in [0.1, 0.15) is 42.2 Å². The van der Waals surface area contributed by atoms with E-state index in [0.717, 1.165) is 28.0 Å². The highest BCUT2D eigenvalue weighted by Gasteiger charge is 2.40. The fourth-order valence-corrected chi connectivity index (χ4v) is 3.23. The first-order valence-electron chi connectivity index (χ1n) is 9.77. The highest BCUT2D eigenvalue weighted by Crippen LogP contribution is 2.38. The molecule has 2 aromatic rings. The zero-order chi connectivity index (χ0) is 22.1. The molecular weight excluding hydrogens is 380 g/mol. The molecule has 0 amide bonds. The van der Waals surface area contributed by atoms with Crippen molar-refractivity contribution >= 4 is 5.97 Å². The van der Waals surface area contributed by atoms with Crippen LogP contribution in [0.15, 0.2) is 42.5 Å². The van der Waals surface area contributed by atoms with Gasteiger partial charge in [-0.05, 0) is 55.2 Å². The van der Waals surface area contributed by atoms with Crippen molar-refractivity contribution in [2.75, 3.05) is 20.8 Å². The quantitative estimate of drug-likeness (QED) is 0.423. The molecule has 160 valence electrons. The number of esters is 1. The van der Waals surface area contributed by atoms with Gasteiger partial charge in [0.1, 0.15) is 12.4 Å². The second kappa shape index (κ2) is 10.8. The summed E-state index contributed by atoms with van der Waals surface area (Å²) in [5.41, 5.74) is 3.14. The lowest BCUT2D eigenvalue weighted by Crippen LogP contribution is -2.34. The van der Waals surface area contributed by atoms with Crippen LogP contribution in [0.2, 0.25) is 0 Å². The van der Waals surface area contributed by atoms with Crippen LogP contribution >= 0.6 is 0 Å². The Hall–Kier alpha value is -2.81. The predicted molar refractivity (Wildman–Crippen MR) is 116 cm³/mol. The van der Waals surface area contributed by atoms with Gasteiger partial charge in [0.05, 0.1) is 39.0 Å². The Kier molecular flexibility index (Phi) is 8.46. The van der Waals surface area contributed by atoms with Crippen molar-refractivity contribution in [3.63, 3.8) is 0 Å². The van der Waals surface area contributed by atoms with E-state index in [1.165, 1.54) is 7.11 Å². The summed E-state index contributed by atoms with van der Waals surface area (Å²) < 4.78 is 21.9. The molecule has 5 heteroatoms. The molecule has 0 heterocycles. The van der Waals surface area contributed by atoms with E-state index in [-0.39, 0.29) is 12.6 Å². The Morgan fingerprint density at radius 2 is 1.80 bits per heavy atom. The first-order valence-corrected chi connectivity index (χ1v) is 9.77. The van der Waals surface area contributed by atoms with Crippen LogP contribution in [0.25, 0.3) is 0 Å². The van der Waals surface area contributed by atoms with Crippen molar-refractivity contribution in [3.05, 3.63) is 64.7 Å². The van der Waals surface area contributed by atoms with Gasteiger partial charge in [0.2, 0.25) is 0 Å². The SMILES string of the molecule is C#CCOC(c1ccc(C)c(COCc2ccc(OC)cc2)c1)C(C)(C)C(=O)OC. The molecule has 1 unspecified atom stereocenters. The van der Waals surface area contributed by atoms with Gasteiger partial charge in [-0.2, -0.15) is 0 Å². The Morgan fingerprint density at radius 1 is 1.10 bits per heavy atom. The molecule has 30 heavy (non-hydrogen) atoms. The number of aryl methyl sites for hydroxylation is 1. The smallest absolute Gasteiger partial charge is 0.314 e. The molecular formula is C25H30O5.